The number of aliphatic imine (C=N–C) groups is 1. The second kappa shape index (κ2) is 11.2. The summed E-state index contributed by atoms with van der Waals surface area (Å²) in [6, 6.07) is 18.3. The van der Waals surface area contributed by atoms with Crippen LogP contribution in [0.5, 0.6) is 0 Å². The summed E-state index contributed by atoms with van der Waals surface area (Å²) in [5.74, 6) is 0.792. The van der Waals surface area contributed by atoms with Crippen molar-refractivity contribution >= 4 is 35.8 Å². The molecule has 0 bridgehead atoms. The molecule has 3 N–H and O–H groups in total. The quantitative estimate of drug-likeness (QED) is 0.290. The molecule has 0 aromatic heterocycles. The fraction of sp³-hybridized carbons (Fsp3) is 0.391. The molecule has 1 amide bonds. The number of benzene rings is 2. The Labute approximate surface area is 190 Å². The SMILES string of the molecule is CCNC(=O)c1ccc(CN=C(NCC)NCC2(c3ccccc3)CC2)cc1.I. The molecule has 0 spiro atoms. The van der Waals surface area contributed by atoms with Gasteiger partial charge in [-0.25, -0.2) is 4.99 Å². The average molecular weight is 506 g/mol. The highest BCUT2D eigenvalue weighted by Crippen LogP contribution is 2.47. The van der Waals surface area contributed by atoms with Crippen LogP contribution >= 0.6 is 24.0 Å². The Morgan fingerprint density at radius 2 is 1.59 bits per heavy atom. The Kier molecular flexibility index (Phi) is 8.95. The number of amides is 1. The van der Waals surface area contributed by atoms with Crippen LogP contribution < -0.4 is 16.0 Å². The van der Waals surface area contributed by atoms with Crippen LogP contribution in [0.15, 0.2) is 59.6 Å². The maximum atomic E-state index is 11.9. The standard InChI is InChI=1S/C23H30N4O.HI/c1-3-24-21(28)19-12-10-18(11-13-19)16-26-22(25-4-2)27-17-23(14-15-23)20-8-6-5-7-9-20;/h5-13H,3-4,14-17H2,1-2H3,(H,24,28)(H2,25,26,27);1H. The number of carbonyl (C=O) groups is 1. The summed E-state index contributed by atoms with van der Waals surface area (Å²) in [6.45, 7) is 6.90. The first kappa shape index (κ1) is 23.2. The van der Waals surface area contributed by atoms with Crippen LogP contribution in [0.4, 0.5) is 0 Å². The van der Waals surface area contributed by atoms with E-state index < -0.39 is 0 Å². The van der Waals surface area contributed by atoms with Gasteiger partial charge in [-0.1, -0.05) is 42.5 Å². The van der Waals surface area contributed by atoms with Gasteiger partial charge < -0.3 is 16.0 Å². The van der Waals surface area contributed by atoms with E-state index in [9.17, 15) is 4.79 Å². The molecule has 1 aliphatic carbocycles. The third kappa shape index (κ3) is 6.45. The van der Waals surface area contributed by atoms with Crippen LogP contribution in [0.3, 0.4) is 0 Å². The van der Waals surface area contributed by atoms with Crippen molar-refractivity contribution in [3.8, 4) is 0 Å². The highest BCUT2D eigenvalue weighted by molar-refractivity contribution is 14.0. The summed E-state index contributed by atoms with van der Waals surface area (Å²) in [6.07, 6.45) is 2.43. The lowest BCUT2D eigenvalue weighted by Gasteiger charge is -2.19. The lowest BCUT2D eigenvalue weighted by atomic mass is 9.96. The molecule has 6 heteroatoms. The van der Waals surface area contributed by atoms with Gasteiger partial charge >= 0.3 is 0 Å². The van der Waals surface area contributed by atoms with Gasteiger partial charge in [0, 0.05) is 30.6 Å². The van der Waals surface area contributed by atoms with Crippen molar-refractivity contribution in [1.29, 1.82) is 0 Å². The minimum absolute atomic E-state index is 0. The number of carbonyl (C=O) groups excluding carboxylic acids is 1. The third-order valence-corrected chi connectivity index (χ3v) is 5.15. The van der Waals surface area contributed by atoms with Crippen molar-refractivity contribution < 1.29 is 4.79 Å². The van der Waals surface area contributed by atoms with Crippen LogP contribution in [0.1, 0.15) is 48.2 Å². The van der Waals surface area contributed by atoms with Gasteiger partial charge in [-0.15, -0.1) is 24.0 Å². The molecule has 3 rings (SSSR count). The van der Waals surface area contributed by atoms with E-state index in [-0.39, 0.29) is 35.3 Å². The Balaban J connectivity index is 0.00000300. The zero-order valence-corrected chi connectivity index (χ0v) is 19.5. The smallest absolute Gasteiger partial charge is 0.251 e. The minimum atomic E-state index is -0.0387. The number of guanidine groups is 1. The van der Waals surface area contributed by atoms with E-state index in [1.54, 1.807) is 0 Å². The van der Waals surface area contributed by atoms with Crippen molar-refractivity contribution in [2.75, 3.05) is 19.6 Å². The van der Waals surface area contributed by atoms with E-state index >= 15 is 0 Å². The summed E-state index contributed by atoms with van der Waals surface area (Å²) < 4.78 is 0. The monoisotopic (exact) mass is 506 g/mol. The predicted molar refractivity (Wildman–Crippen MR) is 130 cm³/mol. The number of hydrogen-bond acceptors (Lipinski definition) is 2. The van der Waals surface area contributed by atoms with Gasteiger partial charge in [0.1, 0.15) is 0 Å². The number of hydrogen-bond donors (Lipinski definition) is 3. The summed E-state index contributed by atoms with van der Waals surface area (Å²) in [5.41, 5.74) is 3.40. The van der Waals surface area contributed by atoms with Gasteiger partial charge in [0.25, 0.3) is 5.91 Å². The lowest BCUT2D eigenvalue weighted by molar-refractivity contribution is 0.0956. The second-order valence-electron chi connectivity index (χ2n) is 7.25. The van der Waals surface area contributed by atoms with Gasteiger partial charge in [-0.2, -0.15) is 0 Å². The second-order valence-corrected chi connectivity index (χ2v) is 7.25. The van der Waals surface area contributed by atoms with Crippen LogP contribution in [0.25, 0.3) is 0 Å². The Morgan fingerprint density at radius 3 is 2.17 bits per heavy atom. The van der Waals surface area contributed by atoms with Crippen molar-refractivity contribution in [2.24, 2.45) is 4.99 Å². The van der Waals surface area contributed by atoms with E-state index in [1.165, 1.54) is 18.4 Å². The number of halogens is 1. The van der Waals surface area contributed by atoms with Gasteiger partial charge in [0.2, 0.25) is 0 Å². The molecule has 29 heavy (non-hydrogen) atoms. The Bertz CT molecular complexity index is 801. The molecule has 0 saturated heterocycles. The van der Waals surface area contributed by atoms with Crippen LogP contribution in [-0.4, -0.2) is 31.5 Å². The Hall–Kier alpha value is -2.09. The van der Waals surface area contributed by atoms with Crippen molar-refractivity contribution in [2.45, 2.75) is 38.6 Å². The fourth-order valence-corrected chi connectivity index (χ4v) is 3.30. The summed E-state index contributed by atoms with van der Waals surface area (Å²) >= 11 is 0. The van der Waals surface area contributed by atoms with Crippen LogP contribution in [0, 0.1) is 0 Å². The van der Waals surface area contributed by atoms with Crippen LogP contribution in [0.2, 0.25) is 0 Å². The summed E-state index contributed by atoms with van der Waals surface area (Å²) in [4.78, 5) is 16.6. The molecular formula is C23H31IN4O. The molecule has 2 aromatic carbocycles. The molecule has 0 aliphatic heterocycles. The largest absolute Gasteiger partial charge is 0.357 e. The molecule has 1 fully saturated rings. The highest BCUT2D eigenvalue weighted by atomic mass is 127. The normalized spacial score (nSPS) is 14.5. The maximum absolute atomic E-state index is 11.9. The third-order valence-electron chi connectivity index (χ3n) is 5.15. The first-order chi connectivity index (χ1) is 13.7. The molecule has 156 valence electrons. The van der Waals surface area contributed by atoms with Crippen molar-refractivity contribution in [3.63, 3.8) is 0 Å². The van der Waals surface area contributed by atoms with Gasteiger partial charge in [0.05, 0.1) is 6.54 Å². The molecule has 0 radical (unpaired) electrons. The molecule has 2 aromatic rings. The molecule has 1 aliphatic rings. The lowest BCUT2D eigenvalue weighted by Crippen LogP contribution is -2.41. The fourth-order valence-electron chi connectivity index (χ4n) is 3.30. The first-order valence-electron chi connectivity index (χ1n) is 10.1. The Morgan fingerprint density at radius 1 is 0.931 bits per heavy atom. The zero-order valence-electron chi connectivity index (χ0n) is 17.2. The first-order valence-corrected chi connectivity index (χ1v) is 10.1. The molecule has 1 saturated carbocycles. The summed E-state index contributed by atoms with van der Waals surface area (Å²) in [5, 5.41) is 9.65. The molecule has 5 nitrogen and oxygen atoms in total. The molecule has 0 unspecified atom stereocenters. The molecular weight excluding hydrogens is 475 g/mol. The minimum Gasteiger partial charge on any atom is -0.357 e. The topological polar surface area (TPSA) is 65.5 Å². The van der Waals surface area contributed by atoms with Gasteiger partial charge in [-0.3, -0.25) is 4.79 Å². The van der Waals surface area contributed by atoms with E-state index in [1.807, 2.05) is 31.2 Å². The van der Waals surface area contributed by atoms with Crippen LogP contribution in [-0.2, 0) is 12.0 Å². The van der Waals surface area contributed by atoms with Gasteiger partial charge in [0.15, 0.2) is 5.96 Å². The summed E-state index contributed by atoms with van der Waals surface area (Å²) in [7, 11) is 0. The van der Waals surface area contributed by atoms with E-state index in [2.05, 4.69) is 53.2 Å². The van der Waals surface area contributed by atoms with Crippen molar-refractivity contribution in [3.05, 3.63) is 71.3 Å². The highest BCUT2D eigenvalue weighted by Gasteiger charge is 2.43. The molecule has 0 heterocycles. The van der Waals surface area contributed by atoms with Crippen molar-refractivity contribution in [1.82, 2.24) is 16.0 Å². The molecule has 0 atom stereocenters. The number of nitrogens with zero attached hydrogens (tertiary/aromatic N) is 1. The van der Waals surface area contributed by atoms with E-state index in [4.69, 9.17) is 4.99 Å². The maximum Gasteiger partial charge on any atom is 0.251 e. The average Bonchev–Trinajstić information content (AvgIpc) is 3.52. The zero-order chi connectivity index (χ0) is 19.8. The van der Waals surface area contributed by atoms with E-state index in [0.29, 0.717) is 18.7 Å². The predicted octanol–water partition coefficient (Wildman–Crippen LogP) is 3.84. The number of rotatable bonds is 8. The number of nitrogens with one attached hydrogen (secondary N) is 3. The van der Waals surface area contributed by atoms with Gasteiger partial charge in [-0.05, 0) is 49.9 Å². The van der Waals surface area contributed by atoms with E-state index in [0.717, 1.165) is 24.6 Å².